The van der Waals surface area contributed by atoms with Gasteiger partial charge in [-0.1, -0.05) is 30.3 Å². The van der Waals surface area contributed by atoms with Crippen molar-refractivity contribution in [3.8, 4) is 0 Å². The summed E-state index contributed by atoms with van der Waals surface area (Å²) in [5.74, 6) is -0.129. The number of carbonyl (C=O) groups is 1. The molecule has 1 aliphatic rings. The van der Waals surface area contributed by atoms with Crippen molar-refractivity contribution in [2.24, 2.45) is 0 Å². The molecule has 4 heteroatoms. The third kappa shape index (κ3) is 3.95. The average Bonchev–Trinajstić information content (AvgIpc) is 2.37. The molecule has 1 amide bonds. The van der Waals surface area contributed by atoms with E-state index in [2.05, 4.69) is 5.32 Å². The molecule has 1 fully saturated rings. The van der Waals surface area contributed by atoms with Crippen LogP contribution in [-0.4, -0.2) is 24.2 Å². The van der Waals surface area contributed by atoms with Gasteiger partial charge < -0.3 is 10.1 Å². The first-order valence-corrected chi connectivity index (χ1v) is 7.05. The summed E-state index contributed by atoms with van der Waals surface area (Å²) >= 11 is 6.20. The van der Waals surface area contributed by atoms with Crippen molar-refractivity contribution in [1.82, 2.24) is 5.32 Å². The summed E-state index contributed by atoms with van der Waals surface area (Å²) in [6.07, 6.45) is 1.66. The van der Waals surface area contributed by atoms with Gasteiger partial charge in [0.2, 0.25) is 5.91 Å². The largest absolute Gasteiger partial charge is 0.375 e. The lowest BCUT2D eigenvalue weighted by atomic mass is 9.94. The molecular formula is C15H20ClNO2. The highest BCUT2D eigenvalue weighted by atomic mass is 35.5. The molecule has 0 aromatic heterocycles. The maximum absolute atomic E-state index is 12.1. The number of nitrogens with one attached hydrogen (secondary N) is 1. The first-order chi connectivity index (χ1) is 8.98. The number of hydrogen-bond donors (Lipinski definition) is 1. The summed E-state index contributed by atoms with van der Waals surface area (Å²) in [5, 5.41) is 2.39. The number of ether oxygens (including phenoxy) is 1. The predicted molar refractivity (Wildman–Crippen MR) is 76.2 cm³/mol. The third-order valence-corrected chi connectivity index (χ3v) is 3.82. The number of rotatable bonds is 3. The van der Waals surface area contributed by atoms with Crippen molar-refractivity contribution >= 4 is 17.5 Å². The van der Waals surface area contributed by atoms with Crippen LogP contribution >= 0.6 is 11.6 Å². The second-order valence-corrected chi connectivity index (χ2v) is 6.02. The highest BCUT2D eigenvalue weighted by Gasteiger charge is 2.30. The summed E-state index contributed by atoms with van der Waals surface area (Å²) in [4.78, 5) is 12.1. The van der Waals surface area contributed by atoms with E-state index in [1.807, 2.05) is 44.2 Å². The first-order valence-electron chi connectivity index (χ1n) is 6.61. The zero-order chi connectivity index (χ0) is 13.9. The van der Waals surface area contributed by atoms with E-state index in [4.69, 9.17) is 16.3 Å². The van der Waals surface area contributed by atoms with E-state index in [1.165, 1.54) is 0 Å². The highest BCUT2D eigenvalue weighted by Crippen LogP contribution is 2.26. The van der Waals surface area contributed by atoms with Crippen LogP contribution in [0.25, 0.3) is 0 Å². The van der Waals surface area contributed by atoms with E-state index in [1.54, 1.807) is 0 Å². The molecular weight excluding hydrogens is 262 g/mol. The van der Waals surface area contributed by atoms with Crippen LogP contribution in [0, 0.1) is 0 Å². The Labute approximate surface area is 119 Å². The number of carbonyl (C=O) groups excluding carboxylic acids is 1. The van der Waals surface area contributed by atoms with E-state index < -0.39 is 5.38 Å². The second kappa shape index (κ2) is 5.93. The number of amides is 1. The monoisotopic (exact) mass is 281 g/mol. The lowest BCUT2D eigenvalue weighted by Gasteiger charge is -2.36. The standard InChI is InChI=1S/C15H20ClNO2/c1-15(2)10-12(8-9-19-15)17-14(18)13(16)11-6-4-3-5-7-11/h3-7,12-13H,8-10H2,1-2H3,(H,17,18). The van der Waals surface area contributed by atoms with Crippen molar-refractivity contribution in [3.05, 3.63) is 35.9 Å². The van der Waals surface area contributed by atoms with Gasteiger partial charge in [-0.05, 0) is 32.3 Å². The molecule has 1 heterocycles. The van der Waals surface area contributed by atoms with Gasteiger partial charge in [0.05, 0.1) is 5.60 Å². The molecule has 0 radical (unpaired) electrons. The Morgan fingerprint density at radius 2 is 2.11 bits per heavy atom. The quantitative estimate of drug-likeness (QED) is 0.865. The van der Waals surface area contributed by atoms with Crippen LogP contribution < -0.4 is 5.32 Å². The summed E-state index contributed by atoms with van der Waals surface area (Å²) in [6.45, 7) is 4.76. The Kier molecular flexibility index (Phi) is 4.48. The normalized spacial score (nSPS) is 23.6. The average molecular weight is 282 g/mol. The maximum Gasteiger partial charge on any atom is 0.242 e. The zero-order valence-corrected chi connectivity index (χ0v) is 12.1. The lowest BCUT2D eigenvalue weighted by molar-refractivity contribution is -0.123. The zero-order valence-electron chi connectivity index (χ0n) is 11.4. The fraction of sp³-hybridized carbons (Fsp3) is 0.533. The van der Waals surface area contributed by atoms with E-state index in [0.717, 1.165) is 18.4 Å². The van der Waals surface area contributed by atoms with Crippen LogP contribution in [0.2, 0.25) is 0 Å². The second-order valence-electron chi connectivity index (χ2n) is 5.58. The van der Waals surface area contributed by atoms with Crippen LogP contribution in [0.15, 0.2) is 30.3 Å². The Bertz CT molecular complexity index is 433. The Morgan fingerprint density at radius 1 is 1.42 bits per heavy atom. The molecule has 3 nitrogen and oxygen atoms in total. The van der Waals surface area contributed by atoms with Gasteiger partial charge in [0.1, 0.15) is 5.38 Å². The van der Waals surface area contributed by atoms with Crippen molar-refractivity contribution in [2.45, 2.75) is 43.7 Å². The molecule has 0 saturated carbocycles. The molecule has 1 saturated heterocycles. The van der Waals surface area contributed by atoms with Crippen LogP contribution in [0.1, 0.15) is 37.6 Å². The Balaban J connectivity index is 1.94. The highest BCUT2D eigenvalue weighted by molar-refractivity contribution is 6.30. The molecule has 19 heavy (non-hydrogen) atoms. The number of alkyl halides is 1. The van der Waals surface area contributed by atoms with Gasteiger partial charge in [0.25, 0.3) is 0 Å². The smallest absolute Gasteiger partial charge is 0.242 e. The van der Waals surface area contributed by atoms with Crippen LogP contribution in [0.3, 0.4) is 0 Å². The maximum atomic E-state index is 12.1. The Morgan fingerprint density at radius 3 is 2.74 bits per heavy atom. The Hall–Kier alpha value is -1.06. The van der Waals surface area contributed by atoms with Crippen LogP contribution in [0.5, 0.6) is 0 Å². The minimum Gasteiger partial charge on any atom is -0.375 e. The number of halogens is 1. The SMILES string of the molecule is CC1(C)CC(NC(=O)C(Cl)c2ccccc2)CCO1. The van der Waals surface area contributed by atoms with E-state index >= 15 is 0 Å². The molecule has 104 valence electrons. The van der Waals surface area contributed by atoms with Crippen molar-refractivity contribution in [2.75, 3.05) is 6.61 Å². The van der Waals surface area contributed by atoms with Crippen LogP contribution in [-0.2, 0) is 9.53 Å². The molecule has 2 atom stereocenters. The van der Waals surface area contributed by atoms with Gasteiger partial charge in [-0.2, -0.15) is 0 Å². The third-order valence-electron chi connectivity index (χ3n) is 3.37. The van der Waals surface area contributed by atoms with E-state index in [9.17, 15) is 4.79 Å². The van der Waals surface area contributed by atoms with E-state index in [0.29, 0.717) is 6.61 Å². The van der Waals surface area contributed by atoms with Gasteiger partial charge in [-0.15, -0.1) is 11.6 Å². The van der Waals surface area contributed by atoms with Gasteiger partial charge in [0.15, 0.2) is 0 Å². The predicted octanol–water partition coefficient (Wildman–Crippen LogP) is 3.04. The molecule has 0 aliphatic carbocycles. The molecule has 1 aromatic rings. The van der Waals surface area contributed by atoms with Crippen molar-refractivity contribution in [1.29, 1.82) is 0 Å². The minimum atomic E-state index is -0.632. The van der Waals surface area contributed by atoms with Crippen LogP contribution in [0.4, 0.5) is 0 Å². The molecule has 2 rings (SSSR count). The minimum absolute atomic E-state index is 0.129. The summed E-state index contributed by atoms with van der Waals surface area (Å²) < 4.78 is 5.64. The summed E-state index contributed by atoms with van der Waals surface area (Å²) in [5.41, 5.74) is 0.651. The molecule has 1 N–H and O–H groups in total. The van der Waals surface area contributed by atoms with Crippen molar-refractivity contribution < 1.29 is 9.53 Å². The van der Waals surface area contributed by atoms with Gasteiger partial charge >= 0.3 is 0 Å². The summed E-state index contributed by atoms with van der Waals surface area (Å²) in [6, 6.07) is 9.55. The van der Waals surface area contributed by atoms with Gasteiger partial charge in [-0.25, -0.2) is 0 Å². The van der Waals surface area contributed by atoms with E-state index in [-0.39, 0.29) is 17.6 Å². The molecule has 1 aromatic carbocycles. The summed E-state index contributed by atoms with van der Waals surface area (Å²) in [7, 11) is 0. The topological polar surface area (TPSA) is 38.3 Å². The molecule has 0 bridgehead atoms. The fourth-order valence-corrected chi connectivity index (χ4v) is 2.61. The first kappa shape index (κ1) is 14.4. The molecule has 0 spiro atoms. The number of hydrogen-bond acceptors (Lipinski definition) is 2. The fourth-order valence-electron chi connectivity index (χ4n) is 2.40. The molecule has 2 unspecified atom stereocenters. The number of benzene rings is 1. The van der Waals surface area contributed by atoms with Gasteiger partial charge in [0, 0.05) is 12.6 Å². The van der Waals surface area contributed by atoms with Gasteiger partial charge in [-0.3, -0.25) is 4.79 Å². The van der Waals surface area contributed by atoms with Crippen molar-refractivity contribution in [3.63, 3.8) is 0 Å². The lowest BCUT2D eigenvalue weighted by Crippen LogP contribution is -2.46. The molecule has 1 aliphatic heterocycles.